The Kier molecular flexibility index (Phi) is 6.90. The molecule has 1 heterocycles. The fourth-order valence-corrected chi connectivity index (χ4v) is 4.22. The van der Waals surface area contributed by atoms with Crippen LogP contribution in [0.5, 0.6) is 0 Å². The highest BCUT2D eigenvalue weighted by Crippen LogP contribution is 2.21. The van der Waals surface area contributed by atoms with Crippen molar-refractivity contribution < 1.29 is 4.79 Å². The van der Waals surface area contributed by atoms with E-state index in [2.05, 4.69) is 15.5 Å². The van der Waals surface area contributed by atoms with E-state index < -0.39 is 0 Å². The molecule has 9 heteroatoms. The van der Waals surface area contributed by atoms with E-state index in [0.29, 0.717) is 37.4 Å². The Labute approximate surface area is 197 Å². The molecule has 0 fully saturated rings. The third-order valence-corrected chi connectivity index (χ3v) is 5.95. The fraction of sp³-hybridized carbons (Fsp3) is 0.0435. The highest BCUT2D eigenvalue weighted by atomic mass is 35.5. The van der Waals surface area contributed by atoms with E-state index >= 15 is 0 Å². The summed E-state index contributed by atoms with van der Waals surface area (Å²) in [5.74, 6) is -0.332. The number of nitrogens with zero attached hydrogens (tertiary/aromatic N) is 3. The van der Waals surface area contributed by atoms with Gasteiger partial charge in [0, 0.05) is 10.6 Å². The number of fused-ring (bicyclic) bond motifs is 1. The molecule has 0 unspecified atom stereocenters. The van der Waals surface area contributed by atoms with Gasteiger partial charge in [0.05, 0.1) is 33.6 Å². The largest absolute Gasteiger partial charge is 0.272 e. The van der Waals surface area contributed by atoms with Crippen molar-refractivity contribution in [2.45, 2.75) is 5.16 Å². The number of para-hydroxylation sites is 2. The lowest BCUT2D eigenvalue weighted by Gasteiger charge is -2.12. The normalized spacial score (nSPS) is 11.2. The molecule has 3 aromatic carbocycles. The minimum Gasteiger partial charge on any atom is -0.272 e. The molecule has 0 spiro atoms. The first-order chi connectivity index (χ1) is 15.5. The summed E-state index contributed by atoms with van der Waals surface area (Å²) in [5, 5.41) is 5.81. The molecule has 160 valence electrons. The summed E-state index contributed by atoms with van der Waals surface area (Å²) in [5.41, 5.74) is 4.13. The molecule has 0 radical (unpaired) electrons. The number of rotatable bonds is 6. The molecule has 1 N–H and O–H groups in total. The fourth-order valence-electron chi connectivity index (χ4n) is 2.96. The maximum Gasteiger partial charge on any atom is 0.266 e. The summed E-state index contributed by atoms with van der Waals surface area (Å²) in [4.78, 5) is 30.1. The predicted molar refractivity (Wildman–Crippen MR) is 130 cm³/mol. The first-order valence-corrected chi connectivity index (χ1v) is 11.2. The summed E-state index contributed by atoms with van der Waals surface area (Å²) in [7, 11) is 0. The second kappa shape index (κ2) is 9.99. The van der Waals surface area contributed by atoms with Crippen LogP contribution < -0.4 is 11.0 Å². The molecule has 4 rings (SSSR count). The van der Waals surface area contributed by atoms with Crippen molar-refractivity contribution in [2.75, 3.05) is 5.75 Å². The van der Waals surface area contributed by atoms with Crippen molar-refractivity contribution in [3.63, 3.8) is 0 Å². The van der Waals surface area contributed by atoms with Crippen molar-refractivity contribution in [1.29, 1.82) is 0 Å². The second-order valence-corrected chi connectivity index (χ2v) is 8.42. The summed E-state index contributed by atoms with van der Waals surface area (Å²) in [6, 6.07) is 21.3. The SMILES string of the molecule is O=C(CSc1nc2ccccc2c(=O)n1-c1ccccc1)NN=Cc1ccc(Cl)cc1Cl. The average molecular weight is 483 g/mol. The minimum absolute atomic E-state index is 0.0172. The van der Waals surface area contributed by atoms with Gasteiger partial charge in [0.25, 0.3) is 11.5 Å². The number of nitrogens with one attached hydrogen (secondary N) is 1. The standard InChI is InChI=1S/C23H16Cl2N4O2S/c24-16-11-10-15(19(25)12-16)13-26-28-21(30)14-32-23-27-20-9-5-4-8-18(20)22(31)29(23)17-6-2-1-3-7-17/h1-13H,14H2,(H,28,30). The Bertz CT molecular complexity index is 1370. The molecule has 0 aliphatic carbocycles. The van der Waals surface area contributed by atoms with Gasteiger partial charge in [-0.2, -0.15) is 5.10 Å². The Morgan fingerprint density at radius 3 is 2.59 bits per heavy atom. The molecular formula is C23H16Cl2N4O2S. The van der Waals surface area contributed by atoms with Gasteiger partial charge in [0.1, 0.15) is 0 Å². The number of hydrogen-bond donors (Lipinski definition) is 1. The lowest BCUT2D eigenvalue weighted by molar-refractivity contribution is -0.118. The molecule has 0 aliphatic heterocycles. The molecule has 4 aromatic rings. The number of aromatic nitrogens is 2. The van der Waals surface area contributed by atoms with E-state index in [0.717, 1.165) is 11.8 Å². The third-order valence-electron chi connectivity index (χ3n) is 4.45. The van der Waals surface area contributed by atoms with Gasteiger partial charge in [0.2, 0.25) is 0 Å². The zero-order valence-electron chi connectivity index (χ0n) is 16.5. The summed E-state index contributed by atoms with van der Waals surface area (Å²) in [6.07, 6.45) is 1.44. The van der Waals surface area contributed by atoms with Crippen molar-refractivity contribution in [1.82, 2.24) is 15.0 Å². The van der Waals surface area contributed by atoms with Crippen LogP contribution in [-0.2, 0) is 4.79 Å². The van der Waals surface area contributed by atoms with E-state index in [4.69, 9.17) is 23.2 Å². The molecule has 0 saturated carbocycles. The van der Waals surface area contributed by atoms with E-state index in [-0.39, 0.29) is 17.2 Å². The van der Waals surface area contributed by atoms with Crippen LogP contribution >= 0.6 is 35.0 Å². The van der Waals surface area contributed by atoms with Gasteiger partial charge in [-0.3, -0.25) is 14.2 Å². The third kappa shape index (κ3) is 5.02. The van der Waals surface area contributed by atoms with Gasteiger partial charge < -0.3 is 0 Å². The van der Waals surface area contributed by atoms with Crippen molar-refractivity contribution in [3.8, 4) is 5.69 Å². The maximum absolute atomic E-state index is 13.1. The van der Waals surface area contributed by atoms with Gasteiger partial charge >= 0.3 is 0 Å². The Morgan fingerprint density at radius 2 is 1.81 bits per heavy atom. The monoisotopic (exact) mass is 482 g/mol. The van der Waals surface area contributed by atoms with Gasteiger partial charge in [-0.1, -0.05) is 71.4 Å². The number of amides is 1. The van der Waals surface area contributed by atoms with Crippen LogP contribution in [0.4, 0.5) is 0 Å². The van der Waals surface area contributed by atoms with Crippen molar-refractivity contribution in [3.05, 3.63) is 98.8 Å². The molecule has 1 amide bonds. The number of benzene rings is 3. The Hall–Kier alpha value is -3.13. The van der Waals surface area contributed by atoms with Gasteiger partial charge in [-0.15, -0.1) is 0 Å². The summed E-state index contributed by atoms with van der Waals surface area (Å²) in [6.45, 7) is 0. The molecule has 6 nitrogen and oxygen atoms in total. The lowest BCUT2D eigenvalue weighted by atomic mass is 10.2. The topological polar surface area (TPSA) is 76.3 Å². The number of halogens is 2. The number of hydrazone groups is 1. The van der Waals surface area contributed by atoms with Crippen molar-refractivity contribution in [2.24, 2.45) is 5.10 Å². The van der Waals surface area contributed by atoms with Crippen LogP contribution in [0, 0.1) is 0 Å². The molecule has 0 bridgehead atoms. The van der Waals surface area contributed by atoms with E-state index in [9.17, 15) is 9.59 Å². The quantitative estimate of drug-likeness (QED) is 0.183. The van der Waals surface area contributed by atoms with Crippen LogP contribution in [0.3, 0.4) is 0 Å². The second-order valence-electron chi connectivity index (χ2n) is 6.64. The van der Waals surface area contributed by atoms with E-state index in [1.807, 2.05) is 36.4 Å². The molecule has 0 aliphatic rings. The van der Waals surface area contributed by atoms with E-state index in [1.54, 1.807) is 36.4 Å². The molecule has 0 atom stereocenters. The maximum atomic E-state index is 13.1. The van der Waals surface area contributed by atoms with Gasteiger partial charge in [-0.25, -0.2) is 10.4 Å². The number of hydrogen-bond acceptors (Lipinski definition) is 5. The first-order valence-electron chi connectivity index (χ1n) is 9.50. The summed E-state index contributed by atoms with van der Waals surface area (Å²) >= 11 is 13.1. The smallest absolute Gasteiger partial charge is 0.266 e. The highest BCUT2D eigenvalue weighted by Gasteiger charge is 2.14. The number of carbonyl (C=O) groups is 1. The number of thioether (sulfide) groups is 1. The van der Waals surface area contributed by atoms with Crippen LogP contribution in [0.2, 0.25) is 10.0 Å². The highest BCUT2D eigenvalue weighted by molar-refractivity contribution is 7.99. The zero-order valence-corrected chi connectivity index (χ0v) is 18.9. The van der Waals surface area contributed by atoms with Gasteiger partial charge in [0.15, 0.2) is 5.16 Å². The Morgan fingerprint density at radius 1 is 1.06 bits per heavy atom. The van der Waals surface area contributed by atoms with Crippen LogP contribution in [0.1, 0.15) is 5.56 Å². The van der Waals surface area contributed by atoms with Crippen LogP contribution in [-0.4, -0.2) is 27.4 Å². The minimum atomic E-state index is -0.349. The van der Waals surface area contributed by atoms with Gasteiger partial charge in [-0.05, 0) is 36.4 Å². The first kappa shape index (κ1) is 22.1. The zero-order chi connectivity index (χ0) is 22.5. The van der Waals surface area contributed by atoms with Crippen molar-refractivity contribution >= 4 is 58.0 Å². The Balaban J connectivity index is 1.54. The predicted octanol–water partition coefficient (Wildman–Crippen LogP) is 4.93. The molecular weight excluding hydrogens is 467 g/mol. The van der Waals surface area contributed by atoms with Crippen LogP contribution in [0.15, 0.2) is 87.8 Å². The van der Waals surface area contributed by atoms with E-state index in [1.165, 1.54) is 10.8 Å². The molecule has 1 aromatic heterocycles. The van der Waals surface area contributed by atoms with Crippen LogP contribution in [0.25, 0.3) is 16.6 Å². The molecule has 32 heavy (non-hydrogen) atoms. The lowest BCUT2D eigenvalue weighted by Crippen LogP contribution is -2.24. The summed E-state index contributed by atoms with van der Waals surface area (Å²) < 4.78 is 1.51. The molecule has 0 saturated heterocycles. The number of carbonyl (C=O) groups excluding carboxylic acids is 1. The average Bonchev–Trinajstić information content (AvgIpc) is 2.80.